The van der Waals surface area contributed by atoms with E-state index in [0.29, 0.717) is 6.42 Å². The number of esters is 1. The van der Waals surface area contributed by atoms with Crippen LogP contribution in [0.2, 0.25) is 0 Å². The molecule has 1 radical (unpaired) electrons. The fourth-order valence-electron chi connectivity index (χ4n) is 3.10. The molecule has 0 saturated heterocycles. The van der Waals surface area contributed by atoms with Crippen LogP contribution in [0, 0.1) is 0 Å². The summed E-state index contributed by atoms with van der Waals surface area (Å²) in [5.74, 6) is -0.142. The van der Waals surface area contributed by atoms with Crippen LogP contribution in [0.4, 0.5) is 0 Å². The van der Waals surface area contributed by atoms with Gasteiger partial charge in [0.15, 0.2) is 0 Å². The summed E-state index contributed by atoms with van der Waals surface area (Å²) in [5.41, 5.74) is 0. The molecule has 0 aromatic heterocycles. The Bertz CT molecular complexity index is 302. The van der Waals surface area contributed by atoms with Crippen LogP contribution < -0.4 is 0 Å². The van der Waals surface area contributed by atoms with Gasteiger partial charge in [0.25, 0.3) is 0 Å². The van der Waals surface area contributed by atoms with E-state index < -0.39 is 0 Å². The van der Waals surface area contributed by atoms with Gasteiger partial charge in [0.2, 0.25) is 6.29 Å². The van der Waals surface area contributed by atoms with Crippen LogP contribution in [0.1, 0.15) is 123 Å². The third-order valence-corrected chi connectivity index (χ3v) is 4.72. The summed E-state index contributed by atoms with van der Waals surface area (Å²) >= 11 is 0. The van der Waals surface area contributed by atoms with E-state index in [9.17, 15) is 9.59 Å². The highest BCUT2D eigenvalue weighted by atomic mass is 16.5. The smallest absolute Gasteiger partial charge is 0.306 e. The highest BCUT2D eigenvalue weighted by molar-refractivity contribution is 5.69. The zero-order valence-electron chi connectivity index (χ0n) is 16.8. The Balaban J connectivity index is 3.62. The van der Waals surface area contributed by atoms with Crippen LogP contribution in [-0.4, -0.2) is 18.4 Å². The second-order valence-corrected chi connectivity index (χ2v) is 7.24. The summed E-state index contributed by atoms with van der Waals surface area (Å²) in [6.07, 6.45) is 20.2. The van der Waals surface area contributed by atoms with Gasteiger partial charge in [-0.2, -0.15) is 0 Å². The van der Waals surface area contributed by atoms with Crippen molar-refractivity contribution in [2.75, 3.05) is 0 Å². The van der Waals surface area contributed by atoms with E-state index in [1.807, 2.05) is 6.29 Å². The van der Waals surface area contributed by atoms with E-state index in [1.54, 1.807) is 0 Å². The lowest BCUT2D eigenvalue weighted by atomic mass is 10.1. The van der Waals surface area contributed by atoms with E-state index in [1.165, 1.54) is 64.2 Å². The number of hydrogen-bond acceptors (Lipinski definition) is 3. The monoisotopic (exact) mass is 353 g/mol. The van der Waals surface area contributed by atoms with Crippen LogP contribution in [0.25, 0.3) is 0 Å². The van der Waals surface area contributed by atoms with Crippen molar-refractivity contribution < 1.29 is 14.3 Å². The minimum atomic E-state index is -0.259. The Hall–Kier alpha value is -0.860. The summed E-state index contributed by atoms with van der Waals surface area (Å²) in [5, 5.41) is 0. The van der Waals surface area contributed by atoms with Crippen molar-refractivity contribution in [2.45, 2.75) is 129 Å². The SMILES string of the molecule is CCCCCCCCCCCC(=O)OC(C[C]=O)CCCCCCC. The minimum absolute atomic E-state index is 0.142. The van der Waals surface area contributed by atoms with Gasteiger partial charge in [-0.15, -0.1) is 0 Å². The van der Waals surface area contributed by atoms with Crippen LogP contribution in [-0.2, 0) is 14.3 Å². The molecule has 147 valence electrons. The minimum Gasteiger partial charge on any atom is -0.462 e. The molecule has 0 N–H and O–H groups in total. The Labute approximate surface area is 156 Å². The van der Waals surface area contributed by atoms with Gasteiger partial charge in [0.05, 0.1) is 6.42 Å². The molecule has 25 heavy (non-hydrogen) atoms. The van der Waals surface area contributed by atoms with E-state index >= 15 is 0 Å². The molecule has 0 aromatic carbocycles. The fourth-order valence-corrected chi connectivity index (χ4v) is 3.10. The number of carbonyl (C=O) groups is 1. The van der Waals surface area contributed by atoms with E-state index in [-0.39, 0.29) is 18.5 Å². The molecule has 0 bridgehead atoms. The topological polar surface area (TPSA) is 43.4 Å². The maximum absolute atomic E-state index is 11.9. The van der Waals surface area contributed by atoms with Gasteiger partial charge in [0, 0.05) is 6.42 Å². The van der Waals surface area contributed by atoms with E-state index in [2.05, 4.69) is 13.8 Å². The van der Waals surface area contributed by atoms with Crippen LogP contribution in [0.3, 0.4) is 0 Å². The Kier molecular flexibility index (Phi) is 18.8. The number of rotatable bonds is 19. The van der Waals surface area contributed by atoms with Crippen molar-refractivity contribution in [1.29, 1.82) is 0 Å². The quantitative estimate of drug-likeness (QED) is 0.192. The van der Waals surface area contributed by atoms with Crippen LogP contribution in [0.15, 0.2) is 0 Å². The van der Waals surface area contributed by atoms with Gasteiger partial charge < -0.3 is 4.74 Å². The molecule has 0 aromatic rings. The number of hydrogen-bond donors (Lipinski definition) is 0. The summed E-state index contributed by atoms with van der Waals surface area (Å²) in [6.45, 7) is 4.43. The summed E-state index contributed by atoms with van der Waals surface area (Å²) < 4.78 is 5.47. The number of carbonyl (C=O) groups excluding carboxylic acids is 2. The molecule has 0 amide bonds. The average Bonchev–Trinajstić information content (AvgIpc) is 2.60. The molecule has 3 nitrogen and oxygen atoms in total. The normalized spacial score (nSPS) is 12.1. The molecule has 0 fully saturated rings. The van der Waals surface area contributed by atoms with Crippen LogP contribution >= 0.6 is 0 Å². The zero-order valence-corrected chi connectivity index (χ0v) is 16.8. The van der Waals surface area contributed by atoms with Crippen molar-refractivity contribution in [3.63, 3.8) is 0 Å². The maximum atomic E-state index is 11.9. The summed E-state index contributed by atoms with van der Waals surface area (Å²) in [7, 11) is 0. The summed E-state index contributed by atoms with van der Waals surface area (Å²) in [4.78, 5) is 22.6. The van der Waals surface area contributed by atoms with Crippen molar-refractivity contribution in [1.82, 2.24) is 0 Å². The highest BCUT2D eigenvalue weighted by Gasteiger charge is 2.14. The Morgan fingerprint density at radius 2 is 1.24 bits per heavy atom. The van der Waals surface area contributed by atoms with Crippen LogP contribution in [0.5, 0.6) is 0 Å². The van der Waals surface area contributed by atoms with E-state index in [4.69, 9.17) is 4.74 Å². The molecule has 0 aliphatic heterocycles. The first-order valence-electron chi connectivity index (χ1n) is 10.8. The third-order valence-electron chi connectivity index (χ3n) is 4.72. The molecule has 0 spiro atoms. The highest BCUT2D eigenvalue weighted by Crippen LogP contribution is 2.14. The lowest BCUT2D eigenvalue weighted by Crippen LogP contribution is -2.18. The standard InChI is InChI=1S/C22H41O3/c1-3-5-7-9-10-11-12-14-16-18-22(24)25-21(19-20-23)17-15-13-8-6-4-2/h21H,3-19H2,1-2H3. The van der Waals surface area contributed by atoms with Gasteiger partial charge >= 0.3 is 5.97 Å². The molecule has 0 aliphatic rings. The first-order chi connectivity index (χ1) is 12.2. The molecule has 0 saturated carbocycles. The maximum Gasteiger partial charge on any atom is 0.306 e. The Morgan fingerprint density at radius 3 is 1.76 bits per heavy atom. The lowest BCUT2D eigenvalue weighted by molar-refractivity contribution is -0.149. The van der Waals surface area contributed by atoms with Crippen molar-refractivity contribution >= 4 is 12.3 Å². The van der Waals surface area contributed by atoms with Gasteiger partial charge in [0.1, 0.15) is 6.10 Å². The third kappa shape index (κ3) is 17.7. The second-order valence-electron chi connectivity index (χ2n) is 7.24. The fraction of sp³-hybridized carbons (Fsp3) is 0.909. The molecular formula is C22H41O3. The lowest BCUT2D eigenvalue weighted by Gasteiger charge is -2.15. The molecule has 1 atom stereocenters. The molecule has 1 unspecified atom stereocenters. The predicted molar refractivity (Wildman–Crippen MR) is 105 cm³/mol. The molecule has 0 aliphatic carbocycles. The van der Waals surface area contributed by atoms with Crippen molar-refractivity contribution in [3.05, 3.63) is 0 Å². The Morgan fingerprint density at radius 1 is 0.760 bits per heavy atom. The second kappa shape index (κ2) is 19.5. The van der Waals surface area contributed by atoms with Gasteiger partial charge in [-0.1, -0.05) is 90.9 Å². The van der Waals surface area contributed by atoms with Gasteiger partial charge in [-0.3, -0.25) is 9.59 Å². The van der Waals surface area contributed by atoms with Crippen molar-refractivity contribution in [2.24, 2.45) is 0 Å². The number of ether oxygens (including phenoxy) is 1. The zero-order chi connectivity index (χ0) is 18.6. The van der Waals surface area contributed by atoms with Gasteiger partial charge in [-0.05, 0) is 19.3 Å². The average molecular weight is 354 g/mol. The first-order valence-corrected chi connectivity index (χ1v) is 10.8. The molecular weight excluding hydrogens is 312 g/mol. The van der Waals surface area contributed by atoms with E-state index in [0.717, 1.165) is 32.1 Å². The molecule has 0 rings (SSSR count). The summed E-state index contributed by atoms with van der Waals surface area (Å²) in [6, 6.07) is 0. The van der Waals surface area contributed by atoms with Gasteiger partial charge in [-0.25, -0.2) is 0 Å². The van der Waals surface area contributed by atoms with Crippen molar-refractivity contribution in [3.8, 4) is 0 Å². The predicted octanol–water partition coefficient (Wildman–Crippen LogP) is 6.68. The molecule has 3 heteroatoms. The molecule has 0 heterocycles. The number of unbranched alkanes of at least 4 members (excludes halogenated alkanes) is 12. The first kappa shape index (κ1) is 24.1. The largest absolute Gasteiger partial charge is 0.462 e.